The number of rotatable bonds is 5. The van der Waals surface area contributed by atoms with E-state index in [0.717, 1.165) is 32.6 Å². The fraction of sp³-hybridized carbons (Fsp3) is 0.875. The summed E-state index contributed by atoms with van der Waals surface area (Å²) in [6.07, 6.45) is 1.57. The Morgan fingerprint density at radius 1 is 1.24 bits per heavy atom. The fourth-order valence-electron chi connectivity index (χ4n) is 2.62. The number of hydrogen-bond donors (Lipinski definition) is 1. The van der Waals surface area contributed by atoms with E-state index in [1.54, 1.807) is 0 Å². The molecule has 0 aliphatic carbocycles. The lowest BCUT2D eigenvalue weighted by Gasteiger charge is -2.39. The van der Waals surface area contributed by atoms with Crippen molar-refractivity contribution in [2.24, 2.45) is 17.1 Å². The van der Waals surface area contributed by atoms with Gasteiger partial charge in [0.05, 0.1) is 11.0 Å². The first kappa shape index (κ1) is 18.4. The maximum absolute atomic E-state index is 12.4. The van der Waals surface area contributed by atoms with E-state index in [0.29, 0.717) is 17.3 Å². The minimum absolute atomic E-state index is 0.172. The Kier molecular flexibility index (Phi) is 6.60. The molecule has 1 aliphatic heterocycles. The Balaban J connectivity index is 2.49. The smallest absolute Gasteiger partial charge is 0.222 e. The molecular weight excluding hydrogens is 282 g/mol. The predicted octanol–water partition coefficient (Wildman–Crippen LogP) is 2.27. The van der Waals surface area contributed by atoms with Gasteiger partial charge >= 0.3 is 0 Å². The number of amides is 1. The Morgan fingerprint density at radius 3 is 2.14 bits per heavy atom. The van der Waals surface area contributed by atoms with Gasteiger partial charge in [0.1, 0.15) is 0 Å². The van der Waals surface area contributed by atoms with E-state index < -0.39 is 0 Å². The first-order valence-electron chi connectivity index (χ1n) is 7.98. The molecule has 0 aromatic rings. The van der Waals surface area contributed by atoms with Gasteiger partial charge in [-0.25, -0.2) is 0 Å². The van der Waals surface area contributed by atoms with Gasteiger partial charge in [0.2, 0.25) is 5.91 Å². The number of nitrogens with zero attached hydrogens (tertiary/aromatic N) is 2. The molecule has 2 atom stereocenters. The minimum atomic E-state index is 0.172. The van der Waals surface area contributed by atoms with E-state index in [1.807, 2.05) is 4.90 Å². The van der Waals surface area contributed by atoms with Crippen LogP contribution in [0, 0.1) is 11.3 Å². The van der Waals surface area contributed by atoms with Crippen LogP contribution >= 0.6 is 12.2 Å². The quantitative estimate of drug-likeness (QED) is 0.791. The number of hydrogen-bond acceptors (Lipinski definition) is 3. The molecule has 0 spiro atoms. The minimum Gasteiger partial charge on any atom is -0.392 e. The van der Waals surface area contributed by atoms with Gasteiger partial charge in [-0.2, -0.15) is 0 Å². The first-order valence-corrected chi connectivity index (χ1v) is 8.38. The second-order valence-electron chi connectivity index (χ2n) is 7.21. The summed E-state index contributed by atoms with van der Waals surface area (Å²) in [5.74, 6) is 0.670. The first-order chi connectivity index (χ1) is 9.66. The zero-order chi connectivity index (χ0) is 16.2. The van der Waals surface area contributed by atoms with E-state index >= 15 is 0 Å². The maximum Gasteiger partial charge on any atom is 0.222 e. The van der Waals surface area contributed by atoms with Crippen molar-refractivity contribution < 1.29 is 4.79 Å². The van der Waals surface area contributed by atoms with Crippen LogP contribution in [0.5, 0.6) is 0 Å². The second kappa shape index (κ2) is 7.54. The lowest BCUT2D eigenvalue weighted by Crippen LogP contribution is -2.54. The molecule has 2 N–H and O–H groups in total. The number of thiocarbonyl (C=S) groups is 1. The van der Waals surface area contributed by atoms with Crippen molar-refractivity contribution in [1.82, 2.24) is 9.80 Å². The van der Waals surface area contributed by atoms with E-state index in [2.05, 4.69) is 39.5 Å². The zero-order valence-corrected chi connectivity index (χ0v) is 15.0. The summed E-state index contributed by atoms with van der Waals surface area (Å²) in [5.41, 5.74) is 5.97. The molecule has 0 aromatic heterocycles. The van der Waals surface area contributed by atoms with Crippen LogP contribution in [0.3, 0.4) is 0 Å². The summed E-state index contributed by atoms with van der Waals surface area (Å²) in [5, 5.41) is 0. The van der Waals surface area contributed by atoms with Gasteiger partial charge in [0.25, 0.3) is 0 Å². The molecule has 122 valence electrons. The predicted molar refractivity (Wildman–Crippen MR) is 92.3 cm³/mol. The number of piperazine rings is 1. The van der Waals surface area contributed by atoms with Gasteiger partial charge in [-0.3, -0.25) is 9.69 Å². The SMILES string of the molecule is CCC(C(N)=S)N1CCN(C(=O)CC(C)C(C)(C)C)CC1. The van der Waals surface area contributed by atoms with Crippen LogP contribution in [0.1, 0.15) is 47.5 Å². The zero-order valence-electron chi connectivity index (χ0n) is 14.2. The van der Waals surface area contributed by atoms with Crippen molar-refractivity contribution in [2.75, 3.05) is 26.2 Å². The van der Waals surface area contributed by atoms with Crippen molar-refractivity contribution >= 4 is 23.1 Å². The topological polar surface area (TPSA) is 49.6 Å². The van der Waals surface area contributed by atoms with E-state index in [-0.39, 0.29) is 17.4 Å². The molecule has 0 saturated carbocycles. The largest absolute Gasteiger partial charge is 0.392 e. The van der Waals surface area contributed by atoms with E-state index in [1.165, 1.54) is 0 Å². The van der Waals surface area contributed by atoms with Gasteiger partial charge in [-0.05, 0) is 17.8 Å². The Hall–Kier alpha value is -0.680. The molecule has 1 rings (SSSR count). The molecule has 21 heavy (non-hydrogen) atoms. The molecule has 5 heteroatoms. The average Bonchev–Trinajstić information content (AvgIpc) is 2.38. The van der Waals surface area contributed by atoms with Crippen molar-refractivity contribution in [2.45, 2.75) is 53.5 Å². The van der Waals surface area contributed by atoms with Crippen molar-refractivity contribution in [3.05, 3.63) is 0 Å². The number of carbonyl (C=O) groups excluding carboxylic acids is 1. The van der Waals surface area contributed by atoms with Crippen LogP contribution in [0.15, 0.2) is 0 Å². The van der Waals surface area contributed by atoms with Crippen molar-refractivity contribution in [1.29, 1.82) is 0 Å². The van der Waals surface area contributed by atoms with Gasteiger partial charge in [-0.1, -0.05) is 46.8 Å². The molecule has 2 unspecified atom stereocenters. The standard InChI is InChI=1S/C16H31N3OS/c1-6-13(15(17)21)18-7-9-19(10-8-18)14(20)11-12(2)16(3,4)5/h12-13H,6-11H2,1-5H3,(H2,17,21). The summed E-state index contributed by atoms with van der Waals surface area (Å²) in [6.45, 7) is 14.1. The Bertz CT molecular complexity index is 370. The molecule has 1 fully saturated rings. The molecule has 0 aromatic carbocycles. The molecule has 1 amide bonds. The van der Waals surface area contributed by atoms with Crippen LogP contribution in [-0.4, -0.2) is 52.9 Å². The highest BCUT2D eigenvalue weighted by Gasteiger charge is 2.29. The third-order valence-corrected chi connectivity index (χ3v) is 5.05. The third-order valence-electron chi connectivity index (χ3n) is 4.78. The summed E-state index contributed by atoms with van der Waals surface area (Å²) in [7, 11) is 0. The second-order valence-corrected chi connectivity index (χ2v) is 7.69. The van der Waals surface area contributed by atoms with E-state index in [9.17, 15) is 4.79 Å². The van der Waals surface area contributed by atoms with Crippen LogP contribution in [0.25, 0.3) is 0 Å². The van der Waals surface area contributed by atoms with Crippen molar-refractivity contribution in [3.8, 4) is 0 Å². The lowest BCUT2D eigenvalue weighted by molar-refractivity contribution is -0.134. The fourth-order valence-corrected chi connectivity index (χ4v) is 2.94. The van der Waals surface area contributed by atoms with Crippen LogP contribution in [-0.2, 0) is 4.79 Å². The maximum atomic E-state index is 12.4. The van der Waals surface area contributed by atoms with Gasteiger partial charge in [0, 0.05) is 32.6 Å². The van der Waals surface area contributed by atoms with Crippen molar-refractivity contribution in [3.63, 3.8) is 0 Å². The molecule has 1 aliphatic rings. The lowest BCUT2D eigenvalue weighted by atomic mass is 9.80. The number of nitrogens with two attached hydrogens (primary N) is 1. The Morgan fingerprint density at radius 2 is 1.76 bits per heavy atom. The van der Waals surface area contributed by atoms with Gasteiger partial charge in [-0.15, -0.1) is 0 Å². The summed E-state index contributed by atoms with van der Waals surface area (Å²) in [4.78, 5) is 17.3. The molecular formula is C16H31N3OS. The summed E-state index contributed by atoms with van der Waals surface area (Å²) >= 11 is 5.13. The highest BCUT2D eigenvalue weighted by Crippen LogP contribution is 2.28. The molecule has 1 heterocycles. The molecule has 4 nitrogen and oxygen atoms in total. The molecule has 1 saturated heterocycles. The number of carbonyl (C=O) groups is 1. The van der Waals surface area contributed by atoms with Crippen LogP contribution in [0.2, 0.25) is 0 Å². The Labute approximate surface area is 135 Å². The summed E-state index contributed by atoms with van der Waals surface area (Å²) < 4.78 is 0. The molecule has 0 bridgehead atoms. The highest BCUT2D eigenvalue weighted by atomic mass is 32.1. The highest BCUT2D eigenvalue weighted by molar-refractivity contribution is 7.80. The normalized spacial score (nSPS) is 20.1. The van der Waals surface area contributed by atoms with Gasteiger partial charge in [0.15, 0.2) is 0 Å². The average molecular weight is 314 g/mol. The van der Waals surface area contributed by atoms with E-state index in [4.69, 9.17) is 18.0 Å². The van der Waals surface area contributed by atoms with Crippen LogP contribution in [0.4, 0.5) is 0 Å². The third kappa shape index (κ3) is 5.22. The summed E-state index contributed by atoms with van der Waals surface area (Å²) in [6, 6.07) is 0.172. The van der Waals surface area contributed by atoms with Crippen LogP contribution < -0.4 is 5.73 Å². The monoisotopic (exact) mass is 313 g/mol. The molecule has 0 radical (unpaired) electrons. The van der Waals surface area contributed by atoms with Gasteiger partial charge < -0.3 is 10.6 Å².